The molecule has 2 aromatic heterocycles. The standard InChI is InChI=1S/C14H18N4O/c1-4-7-10(2)16-17-14(19)13-11(3)15-12-8-5-6-9-18(12)13/h5-6,8-9H,4,7H2,1-3H3,(H,17,19)/b16-10-. The van der Waals surface area contributed by atoms with E-state index in [1.165, 1.54) is 0 Å². The Kier molecular flexibility index (Phi) is 3.94. The summed E-state index contributed by atoms with van der Waals surface area (Å²) in [5, 5.41) is 4.09. The fourth-order valence-electron chi connectivity index (χ4n) is 2.00. The average molecular weight is 258 g/mol. The molecule has 0 saturated carbocycles. The van der Waals surface area contributed by atoms with E-state index in [2.05, 4.69) is 22.4 Å². The van der Waals surface area contributed by atoms with Gasteiger partial charge in [-0.3, -0.25) is 9.20 Å². The van der Waals surface area contributed by atoms with Crippen molar-refractivity contribution in [1.29, 1.82) is 0 Å². The van der Waals surface area contributed by atoms with Crippen LogP contribution in [0.3, 0.4) is 0 Å². The molecule has 0 atom stereocenters. The summed E-state index contributed by atoms with van der Waals surface area (Å²) < 4.78 is 1.77. The number of hydrogen-bond acceptors (Lipinski definition) is 3. The van der Waals surface area contributed by atoms with Crippen LogP contribution in [0.5, 0.6) is 0 Å². The quantitative estimate of drug-likeness (QED) is 0.676. The van der Waals surface area contributed by atoms with E-state index in [4.69, 9.17) is 0 Å². The van der Waals surface area contributed by atoms with Crippen molar-refractivity contribution >= 4 is 17.3 Å². The van der Waals surface area contributed by atoms with Crippen molar-refractivity contribution in [3.63, 3.8) is 0 Å². The molecule has 1 N–H and O–H groups in total. The molecular formula is C14H18N4O. The van der Waals surface area contributed by atoms with Crippen molar-refractivity contribution < 1.29 is 4.79 Å². The first-order valence-electron chi connectivity index (χ1n) is 6.40. The zero-order valence-corrected chi connectivity index (χ0v) is 11.5. The normalized spacial score (nSPS) is 11.8. The number of nitrogens with one attached hydrogen (secondary N) is 1. The van der Waals surface area contributed by atoms with Gasteiger partial charge in [-0.15, -0.1) is 0 Å². The highest BCUT2D eigenvalue weighted by Gasteiger charge is 2.15. The molecule has 0 aliphatic heterocycles. The van der Waals surface area contributed by atoms with Gasteiger partial charge in [0, 0.05) is 11.9 Å². The van der Waals surface area contributed by atoms with Crippen molar-refractivity contribution in [3.05, 3.63) is 35.8 Å². The second-order valence-corrected chi connectivity index (χ2v) is 4.51. The zero-order chi connectivity index (χ0) is 13.8. The van der Waals surface area contributed by atoms with Crippen LogP contribution in [0, 0.1) is 6.92 Å². The molecule has 5 nitrogen and oxygen atoms in total. The van der Waals surface area contributed by atoms with Crippen LogP contribution in [0.4, 0.5) is 0 Å². The first kappa shape index (κ1) is 13.3. The second-order valence-electron chi connectivity index (χ2n) is 4.51. The Balaban J connectivity index is 2.27. The van der Waals surface area contributed by atoms with Crippen molar-refractivity contribution in [3.8, 4) is 0 Å². The molecule has 100 valence electrons. The van der Waals surface area contributed by atoms with E-state index in [9.17, 15) is 4.79 Å². The summed E-state index contributed by atoms with van der Waals surface area (Å²) >= 11 is 0. The molecule has 2 rings (SSSR count). The highest BCUT2D eigenvalue weighted by Crippen LogP contribution is 2.11. The minimum atomic E-state index is -0.230. The van der Waals surface area contributed by atoms with Crippen molar-refractivity contribution in [2.45, 2.75) is 33.6 Å². The molecule has 0 aliphatic carbocycles. The predicted molar refractivity (Wildman–Crippen MR) is 75.4 cm³/mol. The van der Waals surface area contributed by atoms with Crippen molar-refractivity contribution in [2.75, 3.05) is 0 Å². The molecule has 0 unspecified atom stereocenters. The fraction of sp³-hybridized carbons (Fsp3) is 0.357. The second kappa shape index (κ2) is 5.65. The number of nitrogens with zero attached hydrogens (tertiary/aromatic N) is 3. The summed E-state index contributed by atoms with van der Waals surface area (Å²) in [6.07, 6.45) is 3.72. The van der Waals surface area contributed by atoms with E-state index >= 15 is 0 Å². The van der Waals surface area contributed by atoms with E-state index in [1.54, 1.807) is 4.40 Å². The Bertz CT molecular complexity index is 627. The van der Waals surface area contributed by atoms with Crippen LogP contribution < -0.4 is 5.43 Å². The van der Waals surface area contributed by atoms with Gasteiger partial charge in [0.1, 0.15) is 11.3 Å². The number of imidazole rings is 1. The van der Waals surface area contributed by atoms with Crippen molar-refractivity contribution in [1.82, 2.24) is 14.8 Å². The molecule has 0 radical (unpaired) electrons. The molecule has 0 fully saturated rings. The van der Waals surface area contributed by atoms with Gasteiger partial charge in [-0.1, -0.05) is 19.4 Å². The lowest BCUT2D eigenvalue weighted by molar-refractivity contribution is 0.0948. The van der Waals surface area contributed by atoms with E-state index in [1.807, 2.05) is 38.2 Å². The molecular weight excluding hydrogens is 240 g/mol. The number of hydrazone groups is 1. The van der Waals surface area contributed by atoms with Gasteiger partial charge in [-0.05, 0) is 32.4 Å². The molecule has 0 aromatic carbocycles. The predicted octanol–water partition coefficient (Wildman–Crippen LogP) is 2.55. The third kappa shape index (κ3) is 2.81. The topological polar surface area (TPSA) is 58.8 Å². The Hall–Kier alpha value is -2.17. The summed E-state index contributed by atoms with van der Waals surface area (Å²) in [6.45, 7) is 5.81. The maximum Gasteiger partial charge on any atom is 0.290 e. The number of pyridine rings is 1. The van der Waals surface area contributed by atoms with Crippen LogP contribution in [0.1, 0.15) is 42.9 Å². The van der Waals surface area contributed by atoms with Gasteiger partial charge >= 0.3 is 0 Å². The number of amides is 1. The van der Waals surface area contributed by atoms with Gasteiger partial charge in [-0.2, -0.15) is 5.10 Å². The summed E-state index contributed by atoms with van der Waals surface area (Å²) in [5.41, 5.74) is 5.51. The third-order valence-corrected chi connectivity index (χ3v) is 2.88. The first-order chi connectivity index (χ1) is 9.13. The molecule has 2 aromatic rings. The van der Waals surface area contributed by atoms with E-state index in [-0.39, 0.29) is 5.91 Å². The van der Waals surface area contributed by atoms with E-state index in [0.717, 1.165) is 24.2 Å². The number of aromatic nitrogens is 2. The Morgan fingerprint density at radius 2 is 2.26 bits per heavy atom. The van der Waals surface area contributed by atoms with Crippen LogP contribution in [0.25, 0.3) is 5.65 Å². The minimum absolute atomic E-state index is 0.230. The lowest BCUT2D eigenvalue weighted by Gasteiger charge is -2.03. The number of hydrogen-bond donors (Lipinski definition) is 1. The molecule has 5 heteroatoms. The largest absolute Gasteiger partial charge is 0.295 e. The van der Waals surface area contributed by atoms with Crippen molar-refractivity contribution in [2.24, 2.45) is 5.10 Å². The van der Waals surface area contributed by atoms with Crippen LogP contribution in [0.15, 0.2) is 29.5 Å². The van der Waals surface area contributed by atoms with Crippen LogP contribution in [0.2, 0.25) is 0 Å². The van der Waals surface area contributed by atoms with Crippen LogP contribution in [-0.2, 0) is 0 Å². The SMILES string of the molecule is CCC/C(C)=N\NC(=O)c1c(C)nc2ccccn12. The summed E-state index contributed by atoms with van der Waals surface area (Å²) in [5.74, 6) is -0.230. The molecule has 2 heterocycles. The molecule has 0 saturated heterocycles. The Labute approximate surface area is 112 Å². The smallest absolute Gasteiger partial charge is 0.290 e. The molecule has 0 spiro atoms. The minimum Gasteiger partial charge on any atom is -0.295 e. The summed E-state index contributed by atoms with van der Waals surface area (Å²) in [4.78, 5) is 16.5. The highest BCUT2D eigenvalue weighted by atomic mass is 16.2. The number of carbonyl (C=O) groups is 1. The fourth-order valence-corrected chi connectivity index (χ4v) is 2.00. The van der Waals surface area contributed by atoms with Gasteiger partial charge in [-0.25, -0.2) is 10.4 Å². The Morgan fingerprint density at radius 1 is 1.47 bits per heavy atom. The van der Waals surface area contributed by atoms with Gasteiger partial charge < -0.3 is 0 Å². The highest BCUT2D eigenvalue weighted by molar-refractivity contribution is 5.95. The monoisotopic (exact) mass is 258 g/mol. The molecule has 19 heavy (non-hydrogen) atoms. The van der Waals surface area contributed by atoms with Crippen LogP contribution in [-0.4, -0.2) is 21.0 Å². The number of carbonyl (C=O) groups excluding carboxylic acids is 1. The number of rotatable bonds is 4. The van der Waals surface area contributed by atoms with Gasteiger partial charge in [0.2, 0.25) is 0 Å². The first-order valence-corrected chi connectivity index (χ1v) is 6.40. The Morgan fingerprint density at radius 3 is 3.00 bits per heavy atom. The lowest BCUT2D eigenvalue weighted by atomic mass is 10.2. The van der Waals surface area contributed by atoms with Gasteiger partial charge in [0.25, 0.3) is 5.91 Å². The molecule has 0 aliphatic rings. The van der Waals surface area contributed by atoms with Gasteiger partial charge in [0.15, 0.2) is 0 Å². The van der Waals surface area contributed by atoms with E-state index in [0.29, 0.717) is 11.4 Å². The van der Waals surface area contributed by atoms with E-state index < -0.39 is 0 Å². The van der Waals surface area contributed by atoms with Gasteiger partial charge in [0.05, 0.1) is 5.69 Å². The summed E-state index contributed by atoms with van der Waals surface area (Å²) in [6, 6.07) is 5.64. The molecule has 1 amide bonds. The maximum absolute atomic E-state index is 12.2. The zero-order valence-electron chi connectivity index (χ0n) is 11.5. The number of fused-ring (bicyclic) bond motifs is 1. The maximum atomic E-state index is 12.2. The number of aryl methyl sites for hydroxylation is 1. The third-order valence-electron chi connectivity index (χ3n) is 2.88. The molecule has 0 bridgehead atoms. The lowest BCUT2D eigenvalue weighted by Crippen LogP contribution is -2.21. The average Bonchev–Trinajstić information content (AvgIpc) is 2.72. The van der Waals surface area contributed by atoms with Crippen LogP contribution >= 0.6 is 0 Å². The summed E-state index contributed by atoms with van der Waals surface area (Å²) in [7, 11) is 0.